The lowest BCUT2D eigenvalue weighted by Gasteiger charge is -2.20. The zero-order valence-corrected chi connectivity index (χ0v) is 10.3. The van der Waals surface area contributed by atoms with Gasteiger partial charge < -0.3 is 10.1 Å². The maximum absolute atomic E-state index is 12.0. The largest absolute Gasteiger partial charge is 0.488 e. The minimum absolute atomic E-state index is 0.0124. The number of halogens is 2. The van der Waals surface area contributed by atoms with Crippen LogP contribution in [0.15, 0.2) is 18.3 Å². The lowest BCUT2D eigenvalue weighted by molar-refractivity contribution is 0.0818. The van der Waals surface area contributed by atoms with Gasteiger partial charge in [-0.15, -0.1) is 0 Å². The van der Waals surface area contributed by atoms with Gasteiger partial charge in [0.1, 0.15) is 12.4 Å². The van der Waals surface area contributed by atoms with Crippen molar-refractivity contribution in [3.8, 4) is 5.75 Å². The highest BCUT2D eigenvalue weighted by molar-refractivity contribution is 5.22. The van der Waals surface area contributed by atoms with Crippen LogP contribution >= 0.6 is 0 Å². The van der Waals surface area contributed by atoms with Gasteiger partial charge >= 0.3 is 0 Å². The fourth-order valence-corrected chi connectivity index (χ4v) is 1.16. The summed E-state index contributed by atoms with van der Waals surface area (Å²) in [6.07, 6.45) is -0.903. The van der Waals surface area contributed by atoms with Crippen molar-refractivity contribution in [1.29, 1.82) is 0 Å². The molecule has 1 rings (SSSR count). The molecule has 1 heterocycles. The predicted octanol–water partition coefficient (Wildman–Crippen LogP) is 2.61. The SMILES string of the molecule is CC(C)(C)NCc1cc(OCC(F)F)ccn1. The molecule has 96 valence electrons. The normalized spacial score (nSPS) is 11.9. The Balaban J connectivity index is 2.54. The Morgan fingerprint density at radius 3 is 2.71 bits per heavy atom. The molecule has 1 N–H and O–H groups in total. The van der Waals surface area contributed by atoms with Gasteiger partial charge in [-0.1, -0.05) is 0 Å². The van der Waals surface area contributed by atoms with Crippen LogP contribution in [0, 0.1) is 0 Å². The molecule has 0 radical (unpaired) electrons. The van der Waals surface area contributed by atoms with Gasteiger partial charge in [0.25, 0.3) is 6.43 Å². The Hall–Kier alpha value is -1.23. The van der Waals surface area contributed by atoms with Crippen molar-refractivity contribution in [1.82, 2.24) is 10.3 Å². The van der Waals surface area contributed by atoms with Crippen molar-refractivity contribution >= 4 is 0 Å². The van der Waals surface area contributed by atoms with E-state index >= 15 is 0 Å². The molecule has 0 bridgehead atoms. The molecule has 0 atom stereocenters. The number of pyridine rings is 1. The van der Waals surface area contributed by atoms with E-state index in [1.54, 1.807) is 18.3 Å². The van der Waals surface area contributed by atoms with Crippen LogP contribution in [-0.4, -0.2) is 23.6 Å². The summed E-state index contributed by atoms with van der Waals surface area (Å²) in [5.41, 5.74) is 0.758. The molecule has 0 fully saturated rings. The van der Waals surface area contributed by atoms with Crippen LogP contribution in [0.3, 0.4) is 0 Å². The highest BCUT2D eigenvalue weighted by Gasteiger charge is 2.09. The minimum atomic E-state index is -2.46. The van der Waals surface area contributed by atoms with Crippen molar-refractivity contribution in [2.24, 2.45) is 0 Å². The lowest BCUT2D eigenvalue weighted by Crippen LogP contribution is -2.35. The van der Waals surface area contributed by atoms with E-state index in [0.29, 0.717) is 12.3 Å². The molecular weight excluding hydrogens is 226 g/mol. The molecule has 0 aliphatic heterocycles. The van der Waals surface area contributed by atoms with Crippen molar-refractivity contribution in [3.05, 3.63) is 24.0 Å². The Morgan fingerprint density at radius 2 is 2.12 bits per heavy atom. The highest BCUT2D eigenvalue weighted by atomic mass is 19.3. The summed E-state index contributed by atoms with van der Waals surface area (Å²) < 4.78 is 28.9. The van der Waals surface area contributed by atoms with Gasteiger partial charge in [0, 0.05) is 24.3 Å². The number of nitrogens with one attached hydrogen (secondary N) is 1. The summed E-state index contributed by atoms with van der Waals surface area (Å²) >= 11 is 0. The molecule has 0 aromatic carbocycles. The fraction of sp³-hybridized carbons (Fsp3) is 0.583. The van der Waals surface area contributed by atoms with Crippen LogP contribution in [0.4, 0.5) is 8.78 Å². The van der Waals surface area contributed by atoms with E-state index in [4.69, 9.17) is 4.74 Å². The maximum atomic E-state index is 12.0. The second-order valence-corrected chi connectivity index (χ2v) is 4.79. The van der Waals surface area contributed by atoms with Crippen LogP contribution in [0.2, 0.25) is 0 Å². The number of nitrogens with zero attached hydrogens (tertiary/aromatic N) is 1. The second kappa shape index (κ2) is 5.91. The number of alkyl halides is 2. The molecule has 0 aliphatic carbocycles. The quantitative estimate of drug-likeness (QED) is 0.864. The first kappa shape index (κ1) is 13.8. The van der Waals surface area contributed by atoms with E-state index in [2.05, 4.69) is 10.3 Å². The number of hydrogen-bond acceptors (Lipinski definition) is 3. The zero-order chi connectivity index (χ0) is 12.9. The van der Waals surface area contributed by atoms with Crippen LogP contribution in [0.5, 0.6) is 5.75 Å². The summed E-state index contributed by atoms with van der Waals surface area (Å²) in [5, 5.41) is 3.26. The van der Waals surface area contributed by atoms with Gasteiger partial charge in [0.05, 0.1) is 5.69 Å². The third kappa shape index (κ3) is 6.16. The molecular formula is C12H18F2N2O. The molecule has 0 spiro atoms. The molecule has 1 aromatic heterocycles. The second-order valence-electron chi connectivity index (χ2n) is 4.79. The minimum Gasteiger partial charge on any atom is -0.488 e. The third-order valence-corrected chi connectivity index (χ3v) is 1.96. The molecule has 0 saturated carbocycles. The predicted molar refractivity (Wildman–Crippen MR) is 62.3 cm³/mol. The van der Waals surface area contributed by atoms with E-state index < -0.39 is 13.0 Å². The van der Waals surface area contributed by atoms with E-state index in [1.165, 1.54) is 0 Å². The van der Waals surface area contributed by atoms with Gasteiger partial charge in [-0.2, -0.15) is 0 Å². The average molecular weight is 244 g/mol. The highest BCUT2D eigenvalue weighted by Crippen LogP contribution is 2.12. The smallest absolute Gasteiger partial charge is 0.272 e. The van der Waals surface area contributed by atoms with E-state index in [9.17, 15) is 8.78 Å². The maximum Gasteiger partial charge on any atom is 0.272 e. The van der Waals surface area contributed by atoms with Crippen molar-refractivity contribution < 1.29 is 13.5 Å². The topological polar surface area (TPSA) is 34.1 Å². The molecule has 0 amide bonds. The molecule has 0 aliphatic rings. The van der Waals surface area contributed by atoms with Crippen LogP contribution < -0.4 is 10.1 Å². The number of aromatic nitrogens is 1. The Bertz CT molecular complexity index is 351. The van der Waals surface area contributed by atoms with Gasteiger partial charge in [-0.05, 0) is 26.8 Å². The summed E-state index contributed by atoms with van der Waals surface area (Å²) in [6.45, 7) is 6.13. The molecule has 0 saturated heterocycles. The average Bonchev–Trinajstić information content (AvgIpc) is 2.23. The van der Waals surface area contributed by atoms with Gasteiger partial charge in [-0.3, -0.25) is 4.98 Å². The first-order valence-corrected chi connectivity index (χ1v) is 5.48. The molecule has 5 heteroatoms. The molecule has 0 unspecified atom stereocenters. The Labute approximate surface area is 100 Å². The van der Waals surface area contributed by atoms with Crippen LogP contribution in [0.25, 0.3) is 0 Å². The van der Waals surface area contributed by atoms with Crippen molar-refractivity contribution in [3.63, 3.8) is 0 Å². The number of ether oxygens (including phenoxy) is 1. The zero-order valence-electron chi connectivity index (χ0n) is 10.3. The summed E-state index contributed by atoms with van der Waals surface area (Å²) in [5.74, 6) is 0.422. The standard InChI is InChI=1S/C12H18F2N2O/c1-12(2,3)16-7-9-6-10(4-5-15-9)17-8-11(13)14/h4-6,11,16H,7-8H2,1-3H3. The molecule has 3 nitrogen and oxygen atoms in total. The monoisotopic (exact) mass is 244 g/mol. The molecule has 17 heavy (non-hydrogen) atoms. The molecule has 1 aromatic rings. The number of rotatable bonds is 5. The van der Waals surface area contributed by atoms with E-state index in [-0.39, 0.29) is 5.54 Å². The Kier molecular flexibility index (Phi) is 4.81. The lowest BCUT2D eigenvalue weighted by atomic mass is 10.1. The van der Waals surface area contributed by atoms with Crippen LogP contribution in [-0.2, 0) is 6.54 Å². The van der Waals surface area contributed by atoms with Crippen molar-refractivity contribution in [2.45, 2.75) is 39.3 Å². The summed E-state index contributed by atoms with van der Waals surface area (Å²) in [6, 6.07) is 3.24. The van der Waals surface area contributed by atoms with E-state index in [0.717, 1.165) is 5.69 Å². The van der Waals surface area contributed by atoms with Gasteiger partial charge in [0.2, 0.25) is 0 Å². The Morgan fingerprint density at radius 1 is 1.41 bits per heavy atom. The fourth-order valence-electron chi connectivity index (χ4n) is 1.16. The summed E-state index contributed by atoms with van der Waals surface area (Å²) in [7, 11) is 0. The first-order valence-electron chi connectivity index (χ1n) is 5.48. The van der Waals surface area contributed by atoms with E-state index in [1.807, 2.05) is 20.8 Å². The first-order chi connectivity index (χ1) is 7.87. The number of hydrogen-bond donors (Lipinski definition) is 1. The van der Waals surface area contributed by atoms with Crippen molar-refractivity contribution in [2.75, 3.05) is 6.61 Å². The third-order valence-electron chi connectivity index (χ3n) is 1.96. The van der Waals surface area contributed by atoms with Gasteiger partial charge in [0.15, 0.2) is 0 Å². The summed E-state index contributed by atoms with van der Waals surface area (Å²) in [4.78, 5) is 4.14. The van der Waals surface area contributed by atoms with Gasteiger partial charge in [-0.25, -0.2) is 8.78 Å². The van der Waals surface area contributed by atoms with Crippen LogP contribution in [0.1, 0.15) is 26.5 Å².